The van der Waals surface area contributed by atoms with Gasteiger partial charge in [-0.15, -0.1) is 0 Å². The number of rotatable bonds is 2. The van der Waals surface area contributed by atoms with Crippen molar-refractivity contribution >= 4 is 29.0 Å². The lowest BCUT2D eigenvalue weighted by molar-refractivity contribution is -0.138. The minimum absolute atomic E-state index is 0.0462. The Bertz CT molecular complexity index is 802. The summed E-state index contributed by atoms with van der Waals surface area (Å²) in [5.74, 6) is -4.51. The van der Waals surface area contributed by atoms with Crippen molar-refractivity contribution in [2.45, 2.75) is 24.3 Å². The van der Waals surface area contributed by atoms with Crippen LogP contribution in [-0.2, 0) is 4.79 Å². The van der Waals surface area contributed by atoms with Crippen molar-refractivity contribution in [3.8, 4) is 0 Å². The summed E-state index contributed by atoms with van der Waals surface area (Å²) in [6, 6.07) is 9.53. The van der Waals surface area contributed by atoms with Crippen molar-refractivity contribution < 1.29 is 13.6 Å². The van der Waals surface area contributed by atoms with Gasteiger partial charge in [0.15, 0.2) is 5.82 Å². The topological polar surface area (TPSA) is 58.1 Å². The molecule has 1 aliphatic carbocycles. The molecule has 1 aliphatic heterocycles. The number of hydrogen-bond donors (Lipinski definition) is 1. The monoisotopic (exact) mass is 350 g/mol. The second-order valence-electron chi connectivity index (χ2n) is 5.98. The molecule has 124 valence electrons. The first-order valence-corrected chi connectivity index (χ1v) is 7.87. The first kappa shape index (κ1) is 15.3. The van der Waals surface area contributed by atoms with Crippen LogP contribution in [-0.4, -0.2) is 34.4 Å². The van der Waals surface area contributed by atoms with Crippen LogP contribution in [0.5, 0.6) is 0 Å². The number of fused-ring (bicyclic) bond motifs is 1. The molecule has 1 aromatic carbocycles. The molecule has 2 aromatic rings. The number of aromatic nitrogens is 2. The molecule has 24 heavy (non-hydrogen) atoms. The number of nitrogens with zero attached hydrogens (tertiary/aromatic N) is 3. The molecule has 0 radical (unpaired) electrons. The van der Waals surface area contributed by atoms with Gasteiger partial charge in [-0.2, -0.15) is 13.8 Å². The van der Waals surface area contributed by atoms with Gasteiger partial charge >= 0.3 is 5.92 Å². The van der Waals surface area contributed by atoms with Crippen LogP contribution in [0.4, 0.5) is 20.3 Å². The molecular formula is C16H13ClF2N4O. The van der Waals surface area contributed by atoms with E-state index in [4.69, 9.17) is 11.6 Å². The van der Waals surface area contributed by atoms with Gasteiger partial charge < -0.3 is 10.2 Å². The fourth-order valence-corrected chi connectivity index (χ4v) is 3.22. The van der Waals surface area contributed by atoms with Crippen LogP contribution in [0.15, 0.2) is 36.5 Å². The lowest BCUT2D eigenvalue weighted by Gasteiger charge is -2.25. The van der Waals surface area contributed by atoms with Gasteiger partial charge in [-0.1, -0.05) is 30.3 Å². The van der Waals surface area contributed by atoms with Crippen molar-refractivity contribution in [3.63, 3.8) is 0 Å². The minimum Gasteiger partial charge on any atom is -0.344 e. The quantitative estimate of drug-likeness (QED) is 0.846. The largest absolute Gasteiger partial charge is 0.344 e. The van der Waals surface area contributed by atoms with Crippen LogP contribution in [0.2, 0.25) is 5.28 Å². The fraction of sp³-hybridized carbons (Fsp3) is 0.312. The maximum atomic E-state index is 14.2. The third kappa shape index (κ3) is 2.58. The Hall–Kier alpha value is -2.28. The van der Waals surface area contributed by atoms with Crippen molar-refractivity contribution in [2.24, 2.45) is 0 Å². The Balaban J connectivity index is 1.71. The smallest absolute Gasteiger partial charge is 0.341 e. The molecule has 4 rings (SSSR count). The van der Waals surface area contributed by atoms with Gasteiger partial charge in [-0.3, -0.25) is 4.79 Å². The molecule has 8 heteroatoms. The van der Waals surface area contributed by atoms with Crippen molar-refractivity contribution in [1.82, 2.24) is 9.97 Å². The molecule has 2 unspecified atom stereocenters. The van der Waals surface area contributed by atoms with Gasteiger partial charge in [0, 0.05) is 12.0 Å². The number of alkyl halides is 2. The van der Waals surface area contributed by atoms with Gasteiger partial charge in [-0.05, 0) is 23.6 Å². The van der Waals surface area contributed by atoms with E-state index in [9.17, 15) is 13.6 Å². The highest BCUT2D eigenvalue weighted by Gasteiger charge is 2.51. The fourth-order valence-electron chi connectivity index (χ4n) is 3.09. The maximum Gasteiger partial charge on any atom is 0.341 e. The number of nitrogens with one attached hydrogen (secondary N) is 1. The van der Waals surface area contributed by atoms with Gasteiger partial charge in [-0.25, -0.2) is 4.98 Å². The highest BCUT2D eigenvalue weighted by molar-refractivity contribution is 6.28. The summed E-state index contributed by atoms with van der Waals surface area (Å²) < 4.78 is 28.3. The Morgan fingerprint density at radius 3 is 2.79 bits per heavy atom. The zero-order valence-corrected chi connectivity index (χ0v) is 13.2. The predicted octanol–water partition coefficient (Wildman–Crippen LogP) is 3.08. The standard InChI is InChI=1S/C16H13ClF2N4O/c17-15-20-7-11-13(22-15)23(8-16(18,19)14(24)21-11)12-6-10(12)9-4-2-1-3-5-9/h1-5,7,10,12H,6,8H2,(H,21,24). The second kappa shape index (κ2) is 5.37. The summed E-state index contributed by atoms with van der Waals surface area (Å²) >= 11 is 5.83. The van der Waals surface area contributed by atoms with Crippen LogP contribution in [0.25, 0.3) is 0 Å². The Kier molecular flexibility index (Phi) is 3.42. The van der Waals surface area contributed by atoms with Gasteiger partial charge in [0.2, 0.25) is 5.28 Å². The van der Waals surface area contributed by atoms with Crippen molar-refractivity contribution in [3.05, 3.63) is 47.4 Å². The van der Waals surface area contributed by atoms with Crippen molar-refractivity contribution in [1.29, 1.82) is 0 Å². The van der Waals surface area contributed by atoms with E-state index in [1.807, 2.05) is 30.3 Å². The van der Waals surface area contributed by atoms with Gasteiger partial charge in [0.05, 0.1) is 12.7 Å². The lowest BCUT2D eigenvalue weighted by Crippen LogP contribution is -2.44. The van der Waals surface area contributed by atoms with Crippen LogP contribution in [0.3, 0.4) is 0 Å². The van der Waals surface area contributed by atoms with Crippen LogP contribution >= 0.6 is 11.6 Å². The van der Waals surface area contributed by atoms with E-state index in [1.54, 1.807) is 0 Å². The summed E-state index contributed by atoms with van der Waals surface area (Å²) in [5.41, 5.74) is 1.23. The SMILES string of the molecule is O=C1Nc2cnc(Cl)nc2N(C2CC2c2ccccc2)CC1(F)F. The van der Waals surface area contributed by atoms with Crippen LogP contribution < -0.4 is 10.2 Å². The minimum atomic E-state index is -3.52. The first-order valence-electron chi connectivity index (χ1n) is 7.49. The highest BCUT2D eigenvalue weighted by atomic mass is 35.5. The number of amides is 1. The number of halogens is 3. The lowest BCUT2D eigenvalue weighted by atomic mass is 10.1. The summed E-state index contributed by atoms with van der Waals surface area (Å²) in [5, 5.41) is 2.15. The van der Waals surface area contributed by atoms with E-state index in [0.29, 0.717) is 0 Å². The van der Waals surface area contributed by atoms with Crippen LogP contribution in [0.1, 0.15) is 17.9 Å². The predicted molar refractivity (Wildman–Crippen MR) is 85.6 cm³/mol. The molecule has 1 N–H and O–H groups in total. The van der Waals surface area contributed by atoms with E-state index < -0.39 is 18.4 Å². The van der Waals surface area contributed by atoms with Crippen LogP contribution in [0, 0.1) is 0 Å². The Morgan fingerprint density at radius 1 is 1.29 bits per heavy atom. The third-order valence-corrected chi connectivity index (χ3v) is 4.53. The summed E-state index contributed by atoms with van der Waals surface area (Å²) in [6.07, 6.45) is 1.98. The number of anilines is 2. The van der Waals surface area contributed by atoms with E-state index in [0.717, 1.165) is 12.0 Å². The molecule has 1 saturated carbocycles. The molecule has 2 heterocycles. The molecule has 1 fully saturated rings. The van der Waals surface area contributed by atoms with E-state index in [1.165, 1.54) is 11.1 Å². The third-order valence-electron chi connectivity index (χ3n) is 4.35. The molecule has 0 spiro atoms. The average molecular weight is 351 g/mol. The number of hydrogen-bond acceptors (Lipinski definition) is 4. The molecular weight excluding hydrogens is 338 g/mol. The Labute approximate surface area is 141 Å². The molecule has 1 amide bonds. The molecule has 2 atom stereocenters. The van der Waals surface area contributed by atoms with Gasteiger partial charge in [0.25, 0.3) is 5.91 Å². The zero-order valence-electron chi connectivity index (χ0n) is 12.4. The summed E-state index contributed by atoms with van der Waals surface area (Å²) in [7, 11) is 0. The molecule has 5 nitrogen and oxygen atoms in total. The van der Waals surface area contributed by atoms with E-state index in [-0.39, 0.29) is 28.7 Å². The number of benzene rings is 1. The summed E-state index contributed by atoms with van der Waals surface area (Å²) in [4.78, 5) is 21.1. The number of carbonyl (C=O) groups is 1. The second-order valence-corrected chi connectivity index (χ2v) is 6.32. The average Bonchev–Trinajstić information content (AvgIpc) is 3.35. The first-order chi connectivity index (χ1) is 11.5. The molecule has 0 saturated heterocycles. The summed E-state index contributed by atoms with van der Waals surface area (Å²) in [6.45, 7) is -0.729. The normalized spacial score (nSPS) is 24.8. The van der Waals surface area contributed by atoms with E-state index in [2.05, 4.69) is 15.3 Å². The Morgan fingerprint density at radius 2 is 2.04 bits per heavy atom. The van der Waals surface area contributed by atoms with Gasteiger partial charge in [0.1, 0.15) is 5.69 Å². The molecule has 1 aromatic heterocycles. The maximum absolute atomic E-state index is 14.2. The number of carbonyl (C=O) groups excluding carboxylic acids is 1. The van der Waals surface area contributed by atoms with Crippen molar-refractivity contribution in [2.75, 3.05) is 16.8 Å². The molecule has 0 bridgehead atoms. The zero-order chi connectivity index (χ0) is 16.9. The highest BCUT2D eigenvalue weighted by Crippen LogP contribution is 2.48. The molecule has 2 aliphatic rings. The van der Waals surface area contributed by atoms with E-state index >= 15 is 0 Å².